The highest BCUT2D eigenvalue weighted by Gasteiger charge is 2.09. The monoisotopic (exact) mass is 370 g/mol. The molecule has 4 rings (SSSR count). The van der Waals surface area contributed by atoms with Gasteiger partial charge in [-0.3, -0.25) is 0 Å². The van der Waals surface area contributed by atoms with Gasteiger partial charge < -0.3 is 10.3 Å². The van der Waals surface area contributed by atoms with E-state index in [4.69, 9.17) is 11.6 Å². The summed E-state index contributed by atoms with van der Waals surface area (Å²) in [7, 11) is 0. The minimum atomic E-state index is 0. The second-order valence-electron chi connectivity index (χ2n) is 6.20. The molecule has 0 fully saturated rings. The molecule has 1 atom stereocenters. The zero-order valence-corrected chi connectivity index (χ0v) is 15.5. The smallest absolute Gasteiger partial charge is 0.0457 e. The molecule has 1 aromatic heterocycles. The molecule has 4 heteroatoms. The van der Waals surface area contributed by atoms with E-state index in [0.717, 1.165) is 22.5 Å². The summed E-state index contributed by atoms with van der Waals surface area (Å²) in [6.45, 7) is 3.00. The maximum absolute atomic E-state index is 6.06. The van der Waals surface area contributed by atoms with E-state index in [9.17, 15) is 0 Å². The number of hydrogen-bond donors (Lipinski definition) is 2. The van der Waals surface area contributed by atoms with E-state index in [2.05, 4.69) is 65.8 Å². The molecular weight excluding hydrogens is 351 g/mol. The molecule has 0 saturated heterocycles. The van der Waals surface area contributed by atoms with Crippen LogP contribution in [0.15, 0.2) is 66.7 Å². The first-order valence-electron chi connectivity index (χ1n) is 8.19. The van der Waals surface area contributed by atoms with E-state index in [1.807, 2.05) is 18.2 Å². The molecule has 4 aromatic rings. The molecule has 3 aromatic carbocycles. The SMILES string of the molecule is CC(NCc1cc2cc(Cl)ccc2[nH]1)c1cccc2ccccc12.Cl. The minimum Gasteiger partial charge on any atom is -0.357 e. The molecule has 0 radical (unpaired) electrons. The van der Waals surface area contributed by atoms with Gasteiger partial charge >= 0.3 is 0 Å². The lowest BCUT2D eigenvalue weighted by Crippen LogP contribution is -2.18. The van der Waals surface area contributed by atoms with E-state index in [0.29, 0.717) is 0 Å². The maximum Gasteiger partial charge on any atom is 0.0457 e. The first-order chi connectivity index (χ1) is 11.7. The molecule has 2 nitrogen and oxygen atoms in total. The average Bonchev–Trinajstić information content (AvgIpc) is 3.01. The fourth-order valence-corrected chi connectivity index (χ4v) is 3.44. The second kappa shape index (κ2) is 7.49. The number of halogens is 2. The lowest BCUT2D eigenvalue weighted by atomic mass is 10.00. The van der Waals surface area contributed by atoms with Crippen LogP contribution in [0.4, 0.5) is 0 Å². The molecule has 0 bridgehead atoms. The van der Waals surface area contributed by atoms with Crippen LogP contribution in [0.3, 0.4) is 0 Å². The first-order valence-corrected chi connectivity index (χ1v) is 8.57. The molecule has 0 aliphatic heterocycles. The summed E-state index contributed by atoms with van der Waals surface area (Å²) in [4.78, 5) is 3.45. The van der Waals surface area contributed by atoms with Crippen LogP contribution in [0.25, 0.3) is 21.7 Å². The molecule has 25 heavy (non-hydrogen) atoms. The maximum atomic E-state index is 6.06. The lowest BCUT2D eigenvalue weighted by molar-refractivity contribution is 0.573. The molecule has 128 valence electrons. The summed E-state index contributed by atoms with van der Waals surface area (Å²) in [5.41, 5.74) is 3.61. The third-order valence-corrected chi connectivity index (χ3v) is 4.76. The first kappa shape index (κ1) is 17.8. The summed E-state index contributed by atoms with van der Waals surface area (Å²) in [5, 5.41) is 8.13. The summed E-state index contributed by atoms with van der Waals surface area (Å²) in [6, 6.07) is 23.4. The van der Waals surface area contributed by atoms with Crippen molar-refractivity contribution in [3.05, 3.63) is 83.0 Å². The normalized spacial score (nSPS) is 12.2. The third kappa shape index (κ3) is 3.67. The summed E-state index contributed by atoms with van der Waals surface area (Å²) in [5.74, 6) is 0. The summed E-state index contributed by atoms with van der Waals surface area (Å²) >= 11 is 6.06. The van der Waals surface area contributed by atoms with Crippen molar-refractivity contribution >= 4 is 45.7 Å². The summed E-state index contributed by atoms with van der Waals surface area (Å²) < 4.78 is 0. The molecule has 1 heterocycles. The summed E-state index contributed by atoms with van der Waals surface area (Å²) in [6.07, 6.45) is 0. The van der Waals surface area contributed by atoms with Crippen LogP contribution in [0, 0.1) is 0 Å². The van der Waals surface area contributed by atoms with Gasteiger partial charge in [0.1, 0.15) is 0 Å². The van der Waals surface area contributed by atoms with Crippen LogP contribution in [0.2, 0.25) is 5.02 Å². The predicted molar refractivity (Wildman–Crippen MR) is 110 cm³/mol. The number of aromatic amines is 1. The van der Waals surface area contributed by atoms with Gasteiger partial charge in [-0.2, -0.15) is 0 Å². The number of fused-ring (bicyclic) bond motifs is 2. The van der Waals surface area contributed by atoms with Crippen LogP contribution in [-0.4, -0.2) is 4.98 Å². The predicted octanol–water partition coefficient (Wildman–Crippen LogP) is 6.25. The number of rotatable bonds is 4. The highest BCUT2D eigenvalue weighted by atomic mass is 35.5. The van der Waals surface area contributed by atoms with Crippen molar-refractivity contribution < 1.29 is 0 Å². The Kier molecular flexibility index (Phi) is 5.33. The highest BCUT2D eigenvalue weighted by molar-refractivity contribution is 6.31. The van der Waals surface area contributed by atoms with Crippen LogP contribution < -0.4 is 5.32 Å². The Morgan fingerprint density at radius 1 is 0.960 bits per heavy atom. The Balaban J connectivity index is 0.00000182. The highest BCUT2D eigenvalue weighted by Crippen LogP contribution is 2.25. The van der Waals surface area contributed by atoms with E-state index < -0.39 is 0 Å². The van der Waals surface area contributed by atoms with Gasteiger partial charge in [0.05, 0.1) is 0 Å². The molecule has 0 aliphatic rings. The third-order valence-electron chi connectivity index (χ3n) is 4.53. The van der Waals surface area contributed by atoms with E-state index >= 15 is 0 Å². The Morgan fingerprint density at radius 3 is 2.64 bits per heavy atom. The quantitative estimate of drug-likeness (QED) is 0.436. The van der Waals surface area contributed by atoms with E-state index in [1.165, 1.54) is 22.0 Å². The topological polar surface area (TPSA) is 27.8 Å². The van der Waals surface area contributed by atoms with Crippen LogP contribution in [0.5, 0.6) is 0 Å². The number of aromatic nitrogens is 1. The molecule has 2 N–H and O–H groups in total. The Morgan fingerprint density at radius 2 is 1.76 bits per heavy atom. The zero-order valence-electron chi connectivity index (χ0n) is 13.9. The molecular formula is C21H20Cl2N2. The van der Waals surface area contributed by atoms with E-state index in [1.54, 1.807) is 0 Å². The standard InChI is InChI=1S/C21H19ClN2.ClH/c1-14(19-8-4-6-15-5-2-3-7-20(15)19)23-13-18-12-16-11-17(22)9-10-21(16)24-18;/h2-12,14,23-24H,13H2,1H3;1H. The van der Waals surface area contributed by atoms with Crippen LogP contribution >= 0.6 is 24.0 Å². The van der Waals surface area contributed by atoms with Crippen LogP contribution in [-0.2, 0) is 6.54 Å². The Bertz CT molecular complexity index is 1000. The van der Waals surface area contributed by atoms with Gasteiger partial charge in [-0.05, 0) is 47.5 Å². The fraction of sp³-hybridized carbons (Fsp3) is 0.143. The minimum absolute atomic E-state index is 0. The Hall–Kier alpha value is -2.00. The average molecular weight is 371 g/mol. The van der Waals surface area contributed by atoms with Crippen molar-refractivity contribution in [1.29, 1.82) is 0 Å². The van der Waals surface area contributed by atoms with Gasteiger partial charge in [-0.25, -0.2) is 0 Å². The van der Waals surface area contributed by atoms with Gasteiger partial charge in [0.2, 0.25) is 0 Å². The number of benzene rings is 3. The van der Waals surface area contributed by atoms with Crippen molar-refractivity contribution in [2.75, 3.05) is 0 Å². The Labute approximate surface area is 158 Å². The zero-order chi connectivity index (χ0) is 16.5. The molecule has 0 saturated carbocycles. The van der Waals surface area contributed by atoms with E-state index in [-0.39, 0.29) is 18.4 Å². The number of H-pyrrole nitrogens is 1. The second-order valence-corrected chi connectivity index (χ2v) is 6.63. The fourth-order valence-electron chi connectivity index (χ4n) is 3.26. The van der Waals surface area contributed by atoms with Crippen molar-refractivity contribution in [3.8, 4) is 0 Å². The van der Waals surface area contributed by atoms with Crippen molar-refractivity contribution in [2.24, 2.45) is 0 Å². The molecule has 0 aliphatic carbocycles. The largest absolute Gasteiger partial charge is 0.357 e. The van der Waals surface area contributed by atoms with Gasteiger partial charge in [0.25, 0.3) is 0 Å². The molecule has 0 amide bonds. The van der Waals surface area contributed by atoms with Crippen LogP contribution in [0.1, 0.15) is 24.2 Å². The number of hydrogen-bond acceptors (Lipinski definition) is 1. The van der Waals surface area contributed by atoms with Gasteiger partial charge in [0, 0.05) is 34.2 Å². The number of nitrogens with one attached hydrogen (secondary N) is 2. The molecule has 0 spiro atoms. The lowest BCUT2D eigenvalue weighted by Gasteiger charge is -2.16. The van der Waals surface area contributed by atoms with Crippen molar-refractivity contribution in [1.82, 2.24) is 10.3 Å². The van der Waals surface area contributed by atoms with Gasteiger partial charge in [-0.1, -0.05) is 54.1 Å². The van der Waals surface area contributed by atoms with Gasteiger partial charge in [0.15, 0.2) is 0 Å². The van der Waals surface area contributed by atoms with Gasteiger partial charge in [-0.15, -0.1) is 12.4 Å². The molecule has 1 unspecified atom stereocenters. The van der Waals surface area contributed by atoms with Crippen molar-refractivity contribution in [2.45, 2.75) is 19.5 Å². The van der Waals surface area contributed by atoms with Crippen molar-refractivity contribution in [3.63, 3.8) is 0 Å².